The normalized spacial score (nSPS) is 24.5. The summed E-state index contributed by atoms with van der Waals surface area (Å²) < 4.78 is 1.70. The minimum atomic E-state index is -0.341. The maximum Gasteiger partial charge on any atom is 0.254 e. The molecule has 0 unspecified atom stereocenters. The van der Waals surface area contributed by atoms with Crippen LogP contribution in [-0.4, -0.2) is 15.8 Å². The molecule has 0 amide bonds. The molecule has 1 heterocycles. The van der Waals surface area contributed by atoms with Crippen molar-refractivity contribution in [2.45, 2.75) is 45.3 Å². The van der Waals surface area contributed by atoms with Crippen molar-refractivity contribution in [1.29, 1.82) is 0 Å². The molecule has 2 atom stereocenters. The zero-order valence-electron chi connectivity index (χ0n) is 9.89. The number of aliphatic hydroxyl groups excluding tert-OH is 1. The van der Waals surface area contributed by atoms with Gasteiger partial charge in [0.2, 0.25) is 0 Å². The van der Waals surface area contributed by atoms with Crippen molar-refractivity contribution >= 4 is 0 Å². The second-order valence-corrected chi connectivity index (χ2v) is 5.06. The smallest absolute Gasteiger partial charge is 0.254 e. The largest absolute Gasteiger partial charge is 0.391 e. The van der Waals surface area contributed by atoms with Crippen molar-refractivity contribution in [2.75, 3.05) is 0 Å². The van der Waals surface area contributed by atoms with Crippen LogP contribution in [0.2, 0.25) is 0 Å². The molecule has 0 bridgehead atoms. The van der Waals surface area contributed by atoms with Gasteiger partial charge in [0.1, 0.15) is 0 Å². The molecule has 1 fully saturated rings. The van der Waals surface area contributed by atoms with Crippen molar-refractivity contribution < 1.29 is 5.11 Å². The number of hydrogen-bond acceptors (Lipinski definition) is 2. The molecule has 16 heavy (non-hydrogen) atoms. The highest BCUT2D eigenvalue weighted by atomic mass is 16.3. The quantitative estimate of drug-likeness (QED) is 0.844. The highest BCUT2D eigenvalue weighted by Gasteiger charge is 2.31. The molecule has 2 rings (SSSR count). The maximum atomic E-state index is 12.1. The van der Waals surface area contributed by atoms with Crippen LogP contribution in [0.1, 0.15) is 38.3 Å². The molecule has 0 radical (unpaired) electrons. The highest BCUT2D eigenvalue weighted by Crippen LogP contribution is 2.30. The van der Waals surface area contributed by atoms with Crippen molar-refractivity contribution in [1.82, 2.24) is 4.57 Å². The molecule has 1 saturated carbocycles. The second-order valence-electron chi connectivity index (χ2n) is 5.06. The van der Waals surface area contributed by atoms with Gasteiger partial charge in [-0.1, -0.05) is 19.9 Å². The van der Waals surface area contributed by atoms with Crippen LogP contribution in [0, 0.1) is 5.92 Å². The fourth-order valence-electron chi connectivity index (χ4n) is 2.20. The van der Waals surface area contributed by atoms with E-state index in [2.05, 4.69) is 13.8 Å². The number of aliphatic hydroxyl groups is 1. The molecule has 1 N–H and O–H groups in total. The van der Waals surface area contributed by atoms with E-state index in [4.69, 9.17) is 0 Å². The number of pyridine rings is 1. The molecule has 88 valence electrons. The van der Waals surface area contributed by atoms with Gasteiger partial charge < -0.3 is 9.67 Å². The average Bonchev–Trinajstić information content (AvgIpc) is 2.21. The van der Waals surface area contributed by atoms with Gasteiger partial charge in [-0.15, -0.1) is 0 Å². The summed E-state index contributed by atoms with van der Waals surface area (Å²) in [7, 11) is 0. The van der Waals surface area contributed by atoms with Crippen LogP contribution >= 0.6 is 0 Å². The zero-order chi connectivity index (χ0) is 11.7. The Morgan fingerprint density at radius 3 is 2.75 bits per heavy atom. The summed E-state index contributed by atoms with van der Waals surface area (Å²) in [5.74, 6) is 0.481. The van der Waals surface area contributed by atoms with E-state index in [1.165, 1.54) is 0 Å². The molecule has 1 aromatic heterocycles. The molecule has 1 aromatic rings. The van der Waals surface area contributed by atoms with Gasteiger partial charge in [-0.05, 0) is 31.2 Å². The molecule has 3 heteroatoms. The van der Waals surface area contributed by atoms with Gasteiger partial charge >= 0.3 is 0 Å². The third kappa shape index (κ3) is 2.05. The van der Waals surface area contributed by atoms with Gasteiger partial charge in [0, 0.05) is 11.8 Å². The van der Waals surface area contributed by atoms with Crippen molar-refractivity contribution in [3.8, 4) is 0 Å². The molecule has 0 saturated heterocycles. The molecule has 0 aromatic carbocycles. The minimum Gasteiger partial charge on any atom is -0.391 e. The summed E-state index contributed by atoms with van der Waals surface area (Å²) in [5, 5.41) is 9.60. The van der Waals surface area contributed by atoms with Crippen LogP contribution in [0.4, 0.5) is 0 Å². The van der Waals surface area contributed by atoms with E-state index in [1.54, 1.807) is 10.8 Å². The van der Waals surface area contributed by atoms with Crippen LogP contribution in [0.15, 0.2) is 23.1 Å². The van der Waals surface area contributed by atoms with E-state index >= 15 is 0 Å². The third-order valence-corrected chi connectivity index (χ3v) is 3.24. The lowest BCUT2D eigenvalue weighted by Crippen LogP contribution is -2.40. The zero-order valence-corrected chi connectivity index (χ0v) is 9.89. The van der Waals surface area contributed by atoms with Gasteiger partial charge in [0.25, 0.3) is 5.56 Å². The lowest BCUT2D eigenvalue weighted by Gasteiger charge is -2.34. The molecular formula is C13H19NO2. The second kappa shape index (κ2) is 4.42. The third-order valence-electron chi connectivity index (χ3n) is 3.24. The van der Waals surface area contributed by atoms with E-state index in [0.717, 1.165) is 24.8 Å². The summed E-state index contributed by atoms with van der Waals surface area (Å²) in [6.45, 7) is 4.21. The van der Waals surface area contributed by atoms with E-state index in [1.807, 2.05) is 12.1 Å². The lowest BCUT2D eigenvalue weighted by molar-refractivity contribution is 0.0297. The van der Waals surface area contributed by atoms with Crippen molar-refractivity contribution in [3.05, 3.63) is 34.2 Å². The average molecular weight is 221 g/mol. The molecule has 3 nitrogen and oxygen atoms in total. The van der Waals surface area contributed by atoms with Gasteiger partial charge in [-0.2, -0.15) is 0 Å². The van der Waals surface area contributed by atoms with E-state index in [9.17, 15) is 9.90 Å². The molecule has 0 spiro atoms. The Balaban J connectivity index is 2.29. The Morgan fingerprint density at radius 2 is 2.25 bits per heavy atom. The van der Waals surface area contributed by atoms with Crippen LogP contribution in [0.3, 0.4) is 0 Å². The molecule has 1 aliphatic rings. The van der Waals surface area contributed by atoms with E-state index in [0.29, 0.717) is 5.92 Å². The number of hydrogen-bond donors (Lipinski definition) is 1. The monoisotopic (exact) mass is 221 g/mol. The summed E-state index contributed by atoms with van der Waals surface area (Å²) >= 11 is 0. The summed E-state index contributed by atoms with van der Waals surface area (Å²) in [6.07, 6.45) is 3.98. The Bertz CT molecular complexity index is 422. The lowest BCUT2D eigenvalue weighted by atomic mass is 9.88. The fraction of sp³-hybridized carbons (Fsp3) is 0.615. The number of nitrogens with zero attached hydrogens (tertiary/aromatic N) is 1. The molecule has 1 aliphatic carbocycles. The first kappa shape index (κ1) is 11.4. The minimum absolute atomic E-state index is 0.000359. The van der Waals surface area contributed by atoms with Gasteiger partial charge in [0.15, 0.2) is 0 Å². The van der Waals surface area contributed by atoms with Gasteiger partial charge in [-0.25, -0.2) is 0 Å². The molecule has 0 aliphatic heterocycles. The van der Waals surface area contributed by atoms with Crippen LogP contribution in [0.5, 0.6) is 0 Å². The summed E-state index contributed by atoms with van der Waals surface area (Å²) in [6, 6.07) is 3.80. The topological polar surface area (TPSA) is 42.2 Å². The van der Waals surface area contributed by atoms with Crippen LogP contribution in [0.25, 0.3) is 0 Å². The predicted molar refractivity (Wildman–Crippen MR) is 63.5 cm³/mol. The Labute approximate surface area is 95.7 Å². The SMILES string of the molecule is CC(C)Cc1cccn([C@@H]2CC[C@@H]2O)c1=O. The maximum absolute atomic E-state index is 12.1. The summed E-state index contributed by atoms with van der Waals surface area (Å²) in [4.78, 5) is 12.1. The van der Waals surface area contributed by atoms with Gasteiger partial charge in [-0.3, -0.25) is 4.79 Å². The van der Waals surface area contributed by atoms with Crippen LogP contribution in [-0.2, 0) is 6.42 Å². The molecular weight excluding hydrogens is 202 g/mol. The van der Waals surface area contributed by atoms with Gasteiger partial charge in [0.05, 0.1) is 12.1 Å². The Hall–Kier alpha value is -1.09. The van der Waals surface area contributed by atoms with E-state index < -0.39 is 0 Å². The first-order valence-corrected chi connectivity index (χ1v) is 5.97. The number of rotatable bonds is 3. The predicted octanol–water partition coefficient (Wildman–Crippen LogP) is 1.74. The number of aromatic nitrogens is 1. The van der Waals surface area contributed by atoms with Crippen molar-refractivity contribution in [3.63, 3.8) is 0 Å². The first-order chi connectivity index (χ1) is 7.59. The van der Waals surface area contributed by atoms with Crippen LogP contribution < -0.4 is 5.56 Å². The standard InChI is InChI=1S/C13H19NO2/c1-9(2)8-10-4-3-7-14(13(10)16)11-5-6-12(11)15/h3-4,7,9,11-12,15H,5-6,8H2,1-2H3/t11-,12+/m1/s1. The highest BCUT2D eigenvalue weighted by molar-refractivity contribution is 5.12. The van der Waals surface area contributed by atoms with E-state index in [-0.39, 0.29) is 17.7 Å². The fourth-order valence-corrected chi connectivity index (χ4v) is 2.20. The Morgan fingerprint density at radius 1 is 1.50 bits per heavy atom. The Kier molecular flexibility index (Phi) is 3.15. The summed E-state index contributed by atoms with van der Waals surface area (Å²) in [5.41, 5.74) is 0.927. The first-order valence-electron chi connectivity index (χ1n) is 5.97. The van der Waals surface area contributed by atoms with Crippen molar-refractivity contribution in [2.24, 2.45) is 5.92 Å².